The molecule has 0 aromatic heterocycles. The lowest BCUT2D eigenvalue weighted by Gasteiger charge is -2.21. The van der Waals surface area contributed by atoms with E-state index in [2.05, 4.69) is 6.08 Å². The summed E-state index contributed by atoms with van der Waals surface area (Å²) >= 11 is 0. The smallest absolute Gasteiger partial charge is 0.310 e. The van der Waals surface area contributed by atoms with Gasteiger partial charge in [-0.2, -0.15) is 0 Å². The van der Waals surface area contributed by atoms with E-state index in [9.17, 15) is 4.79 Å². The number of ether oxygens (including phenoxy) is 2. The number of esters is 1. The summed E-state index contributed by atoms with van der Waals surface area (Å²) in [6, 6.07) is 0. The molecule has 2 fully saturated rings. The van der Waals surface area contributed by atoms with Crippen LogP contribution in [0.5, 0.6) is 0 Å². The van der Waals surface area contributed by atoms with Gasteiger partial charge in [0.25, 0.3) is 0 Å². The zero-order valence-electron chi connectivity index (χ0n) is 12.8. The van der Waals surface area contributed by atoms with Crippen molar-refractivity contribution in [2.75, 3.05) is 13.4 Å². The van der Waals surface area contributed by atoms with Crippen LogP contribution in [0.2, 0.25) is 0 Å². The van der Waals surface area contributed by atoms with Gasteiger partial charge >= 0.3 is 5.97 Å². The number of carbonyl (C=O) groups excluding carboxylic acids is 1. The summed E-state index contributed by atoms with van der Waals surface area (Å²) < 4.78 is 10.7. The van der Waals surface area contributed by atoms with Gasteiger partial charge in [0.1, 0.15) is 0 Å². The van der Waals surface area contributed by atoms with Crippen LogP contribution in [-0.4, -0.2) is 19.4 Å². The topological polar surface area (TPSA) is 35.5 Å². The molecule has 0 heterocycles. The lowest BCUT2D eigenvalue weighted by atomic mass is 9.90. The van der Waals surface area contributed by atoms with Crippen molar-refractivity contribution in [3.8, 4) is 0 Å². The Morgan fingerprint density at radius 2 is 2.20 bits per heavy atom. The van der Waals surface area contributed by atoms with Gasteiger partial charge in [0.2, 0.25) is 0 Å². The van der Waals surface area contributed by atoms with E-state index in [4.69, 9.17) is 9.47 Å². The molecule has 0 aromatic carbocycles. The molecule has 2 aliphatic rings. The third-order valence-corrected chi connectivity index (χ3v) is 4.91. The Balaban J connectivity index is 1.53. The molecule has 20 heavy (non-hydrogen) atoms. The van der Waals surface area contributed by atoms with E-state index >= 15 is 0 Å². The molecule has 0 aromatic rings. The summed E-state index contributed by atoms with van der Waals surface area (Å²) in [6.07, 6.45) is 11.4. The molecule has 0 spiro atoms. The number of allylic oxidation sites excluding steroid dienone is 2. The van der Waals surface area contributed by atoms with Crippen LogP contribution in [0.1, 0.15) is 52.4 Å². The second kappa shape index (κ2) is 7.82. The first kappa shape index (κ1) is 15.6. The molecule has 0 radical (unpaired) electrons. The molecule has 2 aliphatic carbocycles. The average molecular weight is 280 g/mol. The predicted octanol–water partition coefficient (Wildman–Crippen LogP) is 3.93. The molecule has 3 heteroatoms. The largest absolute Gasteiger partial charge is 0.438 e. The average Bonchev–Trinajstić information content (AvgIpc) is 3.06. The van der Waals surface area contributed by atoms with E-state index < -0.39 is 0 Å². The van der Waals surface area contributed by atoms with E-state index in [1.54, 1.807) is 0 Å². The minimum absolute atomic E-state index is 0.0442. The number of hydrogen-bond acceptors (Lipinski definition) is 3. The summed E-state index contributed by atoms with van der Waals surface area (Å²) in [7, 11) is 0. The van der Waals surface area contributed by atoms with Crippen LogP contribution in [0.3, 0.4) is 0 Å². The van der Waals surface area contributed by atoms with Crippen molar-refractivity contribution in [1.29, 1.82) is 0 Å². The first-order chi connectivity index (χ1) is 9.70. The SMILES string of the molecule is CC=CCCC(C)C(=O)OCOCC1CC2CCC1C2. The second-order valence-electron chi connectivity index (χ2n) is 6.43. The van der Waals surface area contributed by atoms with Gasteiger partial charge in [-0.3, -0.25) is 4.79 Å². The molecule has 114 valence electrons. The summed E-state index contributed by atoms with van der Waals surface area (Å²) in [5, 5.41) is 0. The summed E-state index contributed by atoms with van der Waals surface area (Å²) in [6.45, 7) is 4.80. The molecule has 2 rings (SSSR count). The summed E-state index contributed by atoms with van der Waals surface area (Å²) in [5.74, 6) is 2.34. The Morgan fingerprint density at radius 3 is 2.85 bits per heavy atom. The van der Waals surface area contributed by atoms with Gasteiger partial charge in [-0.05, 0) is 56.8 Å². The zero-order chi connectivity index (χ0) is 14.4. The highest BCUT2D eigenvalue weighted by Crippen LogP contribution is 2.48. The minimum atomic E-state index is -0.137. The van der Waals surface area contributed by atoms with Crippen molar-refractivity contribution in [2.24, 2.45) is 23.7 Å². The van der Waals surface area contributed by atoms with E-state index in [0.29, 0.717) is 5.92 Å². The lowest BCUT2D eigenvalue weighted by molar-refractivity contribution is -0.162. The molecule has 4 atom stereocenters. The zero-order valence-corrected chi connectivity index (χ0v) is 12.8. The van der Waals surface area contributed by atoms with Crippen LogP contribution in [0.4, 0.5) is 0 Å². The number of carbonyl (C=O) groups is 1. The maximum absolute atomic E-state index is 11.7. The fraction of sp³-hybridized carbons (Fsp3) is 0.824. The molecule has 0 amide bonds. The van der Waals surface area contributed by atoms with Crippen molar-refractivity contribution in [3.05, 3.63) is 12.2 Å². The Bertz CT molecular complexity index is 337. The van der Waals surface area contributed by atoms with Gasteiger partial charge in [0.15, 0.2) is 6.79 Å². The van der Waals surface area contributed by atoms with Crippen molar-refractivity contribution < 1.29 is 14.3 Å². The third-order valence-electron chi connectivity index (χ3n) is 4.91. The lowest BCUT2D eigenvalue weighted by Crippen LogP contribution is -2.20. The van der Waals surface area contributed by atoms with Gasteiger partial charge in [-0.25, -0.2) is 0 Å². The van der Waals surface area contributed by atoms with Crippen molar-refractivity contribution >= 4 is 5.97 Å². The highest BCUT2D eigenvalue weighted by atomic mass is 16.7. The molecule has 0 saturated heterocycles. The first-order valence-corrected chi connectivity index (χ1v) is 8.06. The Hall–Kier alpha value is -0.830. The number of hydrogen-bond donors (Lipinski definition) is 0. The van der Waals surface area contributed by atoms with Crippen LogP contribution in [0.15, 0.2) is 12.2 Å². The first-order valence-electron chi connectivity index (χ1n) is 8.06. The van der Waals surface area contributed by atoms with Gasteiger partial charge in [0.05, 0.1) is 12.5 Å². The quantitative estimate of drug-likeness (QED) is 0.292. The molecule has 2 saturated carbocycles. The number of rotatable bonds is 8. The Labute approximate surface area is 122 Å². The molecular weight excluding hydrogens is 252 g/mol. The maximum atomic E-state index is 11.7. The van der Waals surface area contributed by atoms with Crippen molar-refractivity contribution in [3.63, 3.8) is 0 Å². The van der Waals surface area contributed by atoms with E-state index in [-0.39, 0.29) is 18.7 Å². The Kier molecular flexibility index (Phi) is 6.08. The third kappa shape index (κ3) is 4.34. The summed E-state index contributed by atoms with van der Waals surface area (Å²) in [4.78, 5) is 11.7. The van der Waals surface area contributed by atoms with E-state index in [1.165, 1.54) is 25.7 Å². The Morgan fingerprint density at radius 1 is 1.35 bits per heavy atom. The summed E-state index contributed by atoms with van der Waals surface area (Å²) in [5.41, 5.74) is 0. The van der Waals surface area contributed by atoms with Gasteiger partial charge in [0, 0.05) is 0 Å². The molecule has 3 nitrogen and oxygen atoms in total. The predicted molar refractivity (Wildman–Crippen MR) is 79.1 cm³/mol. The fourth-order valence-corrected chi connectivity index (χ4v) is 3.65. The molecular formula is C17H28O3. The van der Waals surface area contributed by atoms with Crippen LogP contribution < -0.4 is 0 Å². The monoisotopic (exact) mass is 280 g/mol. The van der Waals surface area contributed by atoms with Gasteiger partial charge in [-0.15, -0.1) is 0 Å². The van der Waals surface area contributed by atoms with Gasteiger partial charge < -0.3 is 9.47 Å². The van der Waals surface area contributed by atoms with E-state index in [0.717, 1.165) is 31.3 Å². The maximum Gasteiger partial charge on any atom is 0.310 e. The number of fused-ring (bicyclic) bond motifs is 2. The van der Waals surface area contributed by atoms with Crippen LogP contribution >= 0.6 is 0 Å². The van der Waals surface area contributed by atoms with Crippen LogP contribution in [0.25, 0.3) is 0 Å². The molecule has 4 unspecified atom stereocenters. The van der Waals surface area contributed by atoms with Crippen LogP contribution in [0, 0.1) is 23.7 Å². The van der Waals surface area contributed by atoms with Crippen molar-refractivity contribution in [1.82, 2.24) is 0 Å². The highest BCUT2D eigenvalue weighted by Gasteiger charge is 2.39. The van der Waals surface area contributed by atoms with E-state index in [1.807, 2.05) is 19.9 Å². The fourth-order valence-electron chi connectivity index (χ4n) is 3.65. The molecule has 0 N–H and O–H groups in total. The van der Waals surface area contributed by atoms with Gasteiger partial charge in [-0.1, -0.05) is 25.5 Å². The highest BCUT2D eigenvalue weighted by molar-refractivity contribution is 5.71. The molecule has 0 aliphatic heterocycles. The minimum Gasteiger partial charge on any atom is -0.438 e. The standard InChI is InChI=1S/C17H28O3/c1-3-4-5-6-13(2)17(18)20-12-19-11-16-10-14-7-8-15(16)9-14/h3-4,13-16H,5-12H2,1-2H3. The molecule has 2 bridgehead atoms. The van der Waals surface area contributed by atoms with Crippen LogP contribution in [-0.2, 0) is 14.3 Å². The second-order valence-corrected chi connectivity index (χ2v) is 6.43. The normalized spacial score (nSPS) is 30.0. The van der Waals surface area contributed by atoms with Crippen molar-refractivity contribution in [2.45, 2.75) is 52.4 Å².